The number of nitrogens with zero attached hydrogens (tertiary/aromatic N) is 2. The van der Waals surface area contributed by atoms with Crippen LogP contribution in [0.15, 0.2) is 27.2 Å². The number of furan rings is 1. The maximum atomic E-state index is 8.75. The van der Waals surface area contributed by atoms with Gasteiger partial charge >= 0.3 is 0 Å². The molecule has 0 amide bonds. The zero-order valence-electron chi connectivity index (χ0n) is 8.15. The second-order valence-electron chi connectivity index (χ2n) is 2.96. The summed E-state index contributed by atoms with van der Waals surface area (Å²) in [6, 6.07) is 5.58. The van der Waals surface area contributed by atoms with Gasteiger partial charge in [0.2, 0.25) is 11.6 Å². The lowest BCUT2D eigenvalue weighted by Crippen LogP contribution is -1.98. The van der Waals surface area contributed by atoms with Crippen molar-refractivity contribution in [3.05, 3.63) is 35.7 Å². The highest BCUT2D eigenvalue weighted by Crippen LogP contribution is 2.16. The van der Waals surface area contributed by atoms with Crippen molar-refractivity contribution in [2.45, 2.75) is 13.5 Å². The lowest BCUT2D eigenvalue weighted by molar-refractivity contribution is 0.504. The Bertz CT molecular complexity index is 479. The highest BCUT2D eigenvalue weighted by atomic mass is 16.4. The summed E-state index contributed by atoms with van der Waals surface area (Å²) in [6.07, 6.45) is 1.59. The van der Waals surface area contributed by atoms with E-state index in [4.69, 9.17) is 14.1 Å². The Hall–Kier alpha value is -2.22. The van der Waals surface area contributed by atoms with E-state index in [1.807, 2.05) is 12.1 Å². The van der Waals surface area contributed by atoms with Crippen molar-refractivity contribution in [2.24, 2.45) is 0 Å². The van der Waals surface area contributed by atoms with Crippen molar-refractivity contribution in [2.75, 3.05) is 5.32 Å². The van der Waals surface area contributed by atoms with Crippen LogP contribution >= 0.6 is 0 Å². The SMILES string of the molecule is Cc1nc(C#N)c(NCc2ccco2)o1. The summed E-state index contributed by atoms with van der Waals surface area (Å²) >= 11 is 0. The third-order valence-electron chi connectivity index (χ3n) is 1.84. The monoisotopic (exact) mass is 203 g/mol. The number of rotatable bonds is 3. The molecule has 0 spiro atoms. The fraction of sp³-hybridized carbons (Fsp3) is 0.200. The van der Waals surface area contributed by atoms with Crippen LogP contribution in [0, 0.1) is 18.3 Å². The third-order valence-corrected chi connectivity index (χ3v) is 1.84. The number of hydrogen-bond donors (Lipinski definition) is 1. The minimum Gasteiger partial charge on any atom is -0.467 e. The normalized spacial score (nSPS) is 9.87. The minimum atomic E-state index is 0.263. The molecule has 1 N–H and O–H groups in total. The first kappa shape index (κ1) is 9.34. The fourth-order valence-corrected chi connectivity index (χ4v) is 1.20. The van der Waals surface area contributed by atoms with E-state index in [2.05, 4.69) is 10.3 Å². The van der Waals surface area contributed by atoms with Crippen LogP contribution in [0.2, 0.25) is 0 Å². The zero-order chi connectivity index (χ0) is 10.7. The molecule has 0 aliphatic rings. The summed E-state index contributed by atoms with van der Waals surface area (Å²) in [7, 11) is 0. The van der Waals surface area contributed by atoms with Crippen LogP contribution in [0.3, 0.4) is 0 Å². The van der Waals surface area contributed by atoms with E-state index < -0.39 is 0 Å². The van der Waals surface area contributed by atoms with Crippen LogP contribution < -0.4 is 5.32 Å². The van der Waals surface area contributed by atoms with Gasteiger partial charge in [-0.25, -0.2) is 4.98 Å². The molecule has 0 radical (unpaired) electrons. The topological polar surface area (TPSA) is 75.0 Å². The molecule has 0 saturated heterocycles. The number of aromatic nitrogens is 1. The molecule has 0 aliphatic carbocycles. The lowest BCUT2D eigenvalue weighted by atomic mass is 10.4. The average molecular weight is 203 g/mol. The molecule has 5 heteroatoms. The van der Waals surface area contributed by atoms with Crippen LogP contribution in [-0.4, -0.2) is 4.98 Å². The quantitative estimate of drug-likeness (QED) is 0.826. The molecule has 15 heavy (non-hydrogen) atoms. The molecule has 76 valence electrons. The van der Waals surface area contributed by atoms with Gasteiger partial charge in [-0.1, -0.05) is 0 Å². The molecule has 0 unspecified atom stereocenters. The molecule has 0 saturated carbocycles. The Morgan fingerprint density at radius 3 is 3.13 bits per heavy atom. The van der Waals surface area contributed by atoms with Gasteiger partial charge in [-0.05, 0) is 12.1 Å². The molecule has 0 aliphatic heterocycles. The van der Waals surface area contributed by atoms with Crippen molar-refractivity contribution in [3.8, 4) is 6.07 Å². The van der Waals surface area contributed by atoms with E-state index in [1.165, 1.54) is 0 Å². The molecular weight excluding hydrogens is 194 g/mol. The zero-order valence-corrected chi connectivity index (χ0v) is 8.15. The van der Waals surface area contributed by atoms with E-state index in [0.717, 1.165) is 5.76 Å². The molecule has 0 aromatic carbocycles. The maximum absolute atomic E-state index is 8.75. The molecule has 2 aromatic heterocycles. The lowest BCUT2D eigenvalue weighted by Gasteiger charge is -1.98. The van der Waals surface area contributed by atoms with Gasteiger partial charge in [0.25, 0.3) is 0 Å². The summed E-state index contributed by atoms with van der Waals surface area (Å²) in [5.74, 6) is 1.62. The predicted octanol–water partition coefficient (Wildman–Crippen LogP) is 2.06. The van der Waals surface area contributed by atoms with Gasteiger partial charge in [-0.3, -0.25) is 0 Å². The van der Waals surface area contributed by atoms with Gasteiger partial charge in [0.1, 0.15) is 11.8 Å². The van der Waals surface area contributed by atoms with E-state index in [-0.39, 0.29) is 5.69 Å². The number of oxazole rings is 1. The van der Waals surface area contributed by atoms with Gasteiger partial charge in [-0.15, -0.1) is 0 Å². The first-order valence-electron chi connectivity index (χ1n) is 4.43. The highest BCUT2D eigenvalue weighted by molar-refractivity contribution is 5.45. The molecular formula is C10H9N3O2. The molecule has 2 heterocycles. The molecule has 2 aromatic rings. The van der Waals surface area contributed by atoms with E-state index in [0.29, 0.717) is 18.3 Å². The molecule has 0 bridgehead atoms. The molecule has 0 atom stereocenters. The number of aryl methyl sites for hydroxylation is 1. The summed E-state index contributed by atoms with van der Waals surface area (Å²) in [5, 5.41) is 11.7. The summed E-state index contributed by atoms with van der Waals surface area (Å²) in [6.45, 7) is 2.16. The predicted molar refractivity (Wildman–Crippen MR) is 52.0 cm³/mol. The van der Waals surface area contributed by atoms with Gasteiger partial charge in [0.05, 0.1) is 12.8 Å². The van der Waals surface area contributed by atoms with Crippen molar-refractivity contribution >= 4 is 5.88 Å². The van der Waals surface area contributed by atoms with Crippen molar-refractivity contribution < 1.29 is 8.83 Å². The van der Waals surface area contributed by atoms with Crippen LogP contribution in [0.4, 0.5) is 5.88 Å². The first-order chi connectivity index (χ1) is 7.29. The Morgan fingerprint density at radius 2 is 2.47 bits per heavy atom. The Balaban J connectivity index is 2.08. The van der Waals surface area contributed by atoms with Crippen molar-refractivity contribution in [1.29, 1.82) is 5.26 Å². The Kier molecular flexibility index (Phi) is 2.42. The van der Waals surface area contributed by atoms with Gasteiger partial charge in [0.15, 0.2) is 5.89 Å². The van der Waals surface area contributed by atoms with E-state index in [9.17, 15) is 0 Å². The number of anilines is 1. The molecule has 0 fully saturated rings. The molecule has 5 nitrogen and oxygen atoms in total. The summed E-state index contributed by atoms with van der Waals surface area (Å²) in [5.41, 5.74) is 0.263. The Morgan fingerprint density at radius 1 is 1.60 bits per heavy atom. The Labute approximate surface area is 86.3 Å². The van der Waals surface area contributed by atoms with Crippen LogP contribution in [0.5, 0.6) is 0 Å². The van der Waals surface area contributed by atoms with Gasteiger partial charge < -0.3 is 14.2 Å². The standard InChI is InChI=1S/C10H9N3O2/c1-7-13-9(5-11)10(15-7)12-6-8-3-2-4-14-8/h2-4,12H,6H2,1H3. The minimum absolute atomic E-state index is 0.263. The van der Waals surface area contributed by atoms with Gasteiger partial charge in [-0.2, -0.15) is 5.26 Å². The average Bonchev–Trinajstić information content (AvgIpc) is 2.83. The molecule has 2 rings (SSSR count). The van der Waals surface area contributed by atoms with Crippen molar-refractivity contribution in [1.82, 2.24) is 4.98 Å². The van der Waals surface area contributed by atoms with Crippen molar-refractivity contribution in [3.63, 3.8) is 0 Å². The first-order valence-corrected chi connectivity index (χ1v) is 4.43. The fourth-order valence-electron chi connectivity index (χ4n) is 1.20. The number of nitriles is 1. The van der Waals surface area contributed by atoms with E-state index in [1.54, 1.807) is 19.3 Å². The maximum Gasteiger partial charge on any atom is 0.232 e. The van der Waals surface area contributed by atoms with Gasteiger partial charge in [0, 0.05) is 6.92 Å². The van der Waals surface area contributed by atoms with Crippen LogP contribution in [0.25, 0.3) is 0 Å². The highest BCUT2D eigenvalue weighted by Gasteiger charge is 2.09. The summed E-state index contributed by atoms with van der Waals surface area (Å²) in [4.78, 5) is 3.91. The summed E-state index contributed by atoms with van der Waals surface area (Å²) < 4.78 is 10.3. The van der Waals surface area contributed by atoms with Crippen LogP contribution in [0.1, 0.15) is 17.3 Å². The number of hydrogen-bond acceptors (Lipinski definition) is 5. The smallest absolute Gasteiger partial charge is 0.232 e. The largest absolute Gasteiger partial charge is 0.467 e. The third kappa shape index (κ3) is 1.99. The number of nitrogens with one attached hydrogen (secondary N) is 1. The second-order valence-corrected chi connectivity index (χ2v) is 2.96. The van der Waals surface area contributed by atoms with E-state index >= 15 is 0 Å². The van der Waals surface area contributed by atoms with Crippen LogP contribution in [-0.2, 0) is 6.54 Å². The second kappa shape index (κ2) is 3.88.